The van der Waals surface area contributed by atoms with Crippen LogP contribution in [0, 0.1) is 11.8 Å². The maximum absolute atomic E-state index is 6.42. The van der Waals surface area contributed by atoms with Gasteiger partial charge in [0.15, 0.2) is 0 Å². The van der Waals surface area contributed by atoms with Crippen LogP contribution in [0.5, 0.6) is 0 Å². The van der Waals surface area contributed by atoms with Crippen molar-refractivity contribution < 1.29 is 4.48 Å². The van der Waals surface area contributed by atoms with Crippen LogP contribution in [0.2, 0.25) is 0 Å². The molecular weight excluding hydrogens is 232 g/mol. The van der Waals surface area contributed by atoms with E-state index in [4.69, 9.17) is 5.73 Å². The van der Waals surface area contributed by atoms with Gasteiger partial charge in [-0.3, -0.25) is 0 Å². The monoisotopic (exact) mass is 267 g/mol. The number of quaternary nitrogens is 1. The normalized spacial score (nSPS) is 36.2. The van der Waals surface area contributed by atoms with Crippen LogP contribution in [0.3, 0.4) is 0 Å². The molecule has 2 heteroatoms. The molecule has 1 saturated carbocycles. The number of likely N-dealkylation sites (tertiary alicyclic amines) is 1. The van der Waals surface area contributed by atoms with Crippen LogP contribution in [0.15, 0.2) is 0 Å². The molecule has 0 amide bonds. The van der Waals surface area contributed by atoms with Crippen LogP contribution < -0.4 is 5.73 Å². The third-order valence-electron chi connectivity index (χ3n) is 5.44. The molecule has 2 nitrogen and oxygen atoms in total. The molecule has 2 aliphatic rings. The average Bonchev–Trinajstić information content (AvgIpc) is 2.31. The van der Waals surface area contributed by atoms with Crippen LogP contribution >= 0.6 is 0 Å². The second-order valence-electron chi connectivity index (χ2n) is 7.41. The molecule has 0 spiro atoms. The van der Waals surface area contributed by atoms with Gasteiger partial charge in [0, 0.05) is 11.8 Å². The van der Waals surface area contributed by atoms with E-state index in [9.17, 15) is 0 Å². The summed E-state index contributed by atoms with van der Waals surface area (Å²) in [4.78, 5) is 0. The lowest BCUT2D eigenvalue weighted by Crippen LogP contribution is -2.62. The molecule has 1 heterocycles. The van der Waals surface area contributed by atoms with E-state index >= 15 is 0 Å². The second-order valence-corrected chi connectivity index (χ2v) is 7.41. The Kier molecular flexibility index (Phi) is 5.70. The summed E-state index contributed by atoms with van der Waals surface area (Å²) >= 11 is 0. The van der Waals surface area contributed by atoms with Crippen LogP contribution in [0.4, 0.5) is 0 Å². The lowest BCUT2D eigenvalue weighted by Gasteiger charge is -2.49. The standard InChI is InChI=1S/C17H35N2/c1-3-5-7-16-11-17(18)14-19(13-16,10-4-2)12-15-8-6-9-15/h15-17H,3-14,18H2,1-2H3/q+1. The Morgan fingerprint density at radius 1 is 1.05 bits per heavy atom. The van der Waals surface area contributed by atoms with E-state index < -0.39 is 0 Å². The molecule has 1 aliphatic carbocycles. The van der Waals surface area contributed by atoms with Crippen molar-refractivity contribution in [2.75, 3.05) is 26.2 Å². The zero-order chi connectivity index (χ0) is 13.7. The van der Waals surface area contributed by atoms with Crippen molar-refractivity contribution in [3.05, 3.63) is 0 Å². The first kappa shape index (κ1) is 15.3. The predicted molar refractivity (Wildman–Crippen MR) is 83.0 cm³/mol. The Morgan fingerprint density at radius 3 is 2.42 bits per heavy atom. The molecule has 19 heavy (non-hydrogen) atoms. The fourth-order valence-corrected chi connectivity index (χ4v) is 4.52. The first-order valence-corrected chi connectivity index (χ1v) is 8.78. The van der Waals surface area contributed by atoms with Crippen molar-refractivity contribution in [2.24, 2.45) is 17.6 Å². The predicted octanol–water partition coefficient (Wildman–Crippen LogP) is 3.55. The van der Waals surface area contributed by atoms with E-state index in [1.807, 2.05) is 0 Å². The first-order valence-electron chi connectivity index (χ1n) is 8.78. The van der Waals surface area contributed by atoms with Crippen LogP contribution in [-0.4, -0.2) is 36.7 Å². The summed E-state index contributed by atoms with van der Waals surface area (Å²) in [5.41, 5.74) is 6.42. The highest BCUT2D eigenvalue weighted by Crippen LogP contribution is 2.34. The number of nitrogens with zero attached hydrogens (tertiary/aromatic N) is 1. The van der Waals surface area contributed by atoms with Gasteiger partial charge in [0.2, 0.25) is 0 Å². The van der Waals surface area contributed by atoms with Crippen LogP contribution in [0.25, 0.3) is 0 Å². The van der Waals surface area contributed by atoms with E-state index in [0.29, 0.717) is 6.04 Å². The Morgan fingerprint density at radius 2 is 1.84 bits per heavy atom. The van der Waals surface area contributed by atoms with Crippen molar-refractivity contribution in [3.63, 3.8) is 0 Å². The topological polar surface area (TPSA) is 26.0 Å². The average molecular weight is 267 g/mol. The van der Waals surface area contributed by atoms with E-state index in [1.54, 1.807) is 0 Å². The number of nitrogens with two attached hydrogens (primary N) is 1. The number of hydrogen-bond donors (Lipinski definition) is 1. The molecule has 3 atom stereocenters. The zero-order valence-corrected chi connectivity index (χ0v) is 13.2. The van der Waals surface area contributed by atoms with Gasteiger partial charge in [-0.25, -0.2) is 0 Å². The van der Waals surface area contributed by atoms with Crippen molar-refractivity contribution in [2.45, 2.75) is 71.3 Å². The molecule has 0 aromatic carbocycles. The minimum absolute atomic E-state index is 0.460. The summed E-state index contributed by atoms with van der Waals surface area (Å²) < 4.78 is 1.36. The lowest BCUT2D eigenvalue weighted by atomic mass is 9.81. The third-order valence-corrected chi connectivity index (χ3v) is 5.44. The second kappa shape index (κ2) is 7.08. The highest BCUT2D eigenvalue weighted by atomic mass is 15.4. The number of hydrogen-bond acceptors (Lipinski definition) is 1. The minimum atomic E-state index is 0.460. The van der Waals surface area contributed by atoms with Gasteiger partial charge in [0.1, 0.15) is 0 Å². The quantitative estimate of drug-likeness (QED) is 0.701. The van der Waals surface area contributed by atoms with Gasteiger partial charge in [-0.2, -0.15) is 0 Å². The van der Waals surface area contributed by atoms with Gasteiger partial charge in [0.05, 0.1) is 32.2 Å². The Hall–Kier alpha value is -0.0800. The fraction of sp³-hybridized carbons (Fsp3) is 1.00. The van der Waals surface area contributed by atoms with Crippen LogP contribution in [-0.2, 0) is 0 Å². The summed E-state index contributed by atoms with van der Waals surface area (Å²) in [5, 5.41) is 0. The zero-order valence-electron chi connectivity index (χ0n) is 13.2. The van der Waals surface area contributed by atoms with E-state index in [2.05, 4.69) is 13.8 Å². The van der Waals surface area contributed by atoms with Crippen molar-refractivity contribution in [1.29, 1.82) is 0 Å². The lowest BCUT2D eigenvalue weighted by molar-refractivity contribution is -0.940. The highest BCUT2D eigenvalue weighted by molar-refractivity contribution is 4.77. The molecule has 3 unspecified atom stereocenters. The van der Waals surface area contributed by atoms with Gasteiger partial charge >= 0.3 is 0 Å². The molecule has 0 bridgehead atoms. The summed E-state index contributed by atoms with van der Waals surface area (Å²) in [5.74, 6) is 1.92. The van der Waals surface area contributed by atoms with Gasteiger partial charge in [-0.05, 0) is 32.1 Å². The number of piperidine rings is 1. The molecule has 112 valence electrons. The van der Waals surface area contributed by atoms with Crippen LogP contribution in [0.1, 0.15) is 65.2 Å². The van der Waals surface area contributed by atoms with Crippen molar-refractivity contribution in [3.8, 4) is 0 Å². The van der Waals surface area contributed by atoms with Gasteiger partial charge in [0.25, 0.3) is 0 Å². The van der Waals surface area contributed by atoms with Crippen molar-refractivity contribution >= 4 is 0 Å². The number of rotatable bonds is 7. The molecule has 0 aromatic rings. The molecule has 0 aromatic heterocycles. The smallest absolute Gasteiger partial charge is 0.0940 e. The van der Waals surface area contributed by atoms with Gasteiger partial charge in [-0.1, -0.05) is 33.1 Å². The van der Waals surface area contributed by atoms with E-state index in [0.717, 1.165) is 11.8 Å². The third kappa shape index (κ3) is 4.19. The molecule has 1 aliphatic heterocycles. The molecule has 2 N–H and O–H groups in total. The Labute approximate surface area is 120 Å². The summed E-state index contributed by atoms with van der Waals surface area (Å²) in [6.07, 6.45) is 11.2. The molecular formula is C17H35N2+. The maximum atomic E-state index is 6.42. The van der Waals surface area contributed by atoms with E-state index in [1.165, 1.54) is 82.0 Å². The Balaban J connectivity index is 1.97. The summed E-state index contributed by atoms with van der Waals surface area (Å²) in [7, 11) is 0. The SMILES string of the molecule is CCCCC1CC(N)C[N+](CCC)(CC2CCC2)C1. The fourth-order valence-electron chi connectivity index (χ4n) is 4.52. The minimum Gasteiger partial charge on any atom is -0.323 e. The summed E-state index contributed by atoms with van der Waals surface area (Å²) in [6, 6.07) is 0.460. The summed E-state index contributed by atoms with van der Waals surface area (Å²) in [6.45, 7) is 10.1. The van der Waals surface area contributed by atoms with Gasteiger partial charge in [-0.15, -0.1) is 0 Å². The molecule has 0 radical (unpaired) electrons. The maximum Gasteiger partial charge on any atom is 0.0940 e. The number of unbranched alkanes of at least 4 members (excludes halogenated alkanes) is 1. The highest BCUT2D eigenvalue weighted by Gasteiger charge is 2.40. The first-order chi connectivity index (χ1) is 9.17. The Bertz CT molecular complexity index is 262. The molecule has 2 fully saturated rings. The van der Waals surface area contributed by atoms with Gasteiger partial charge < -0.3 is 10.2 Å². The largest absolute Gasteiger partial charge is 0.323 e. The van der Waals surface area contributed by atoms with E-state index in [-0.39, 0.29) is 0 Å². The molecule has 1 saturated heterocycles. The van der Waals surface area contributed by atoms with Crippen molar-refractivity contribution in [1.82, 2.24) is 0 Å². The molecule has 2 rings (SSSR count).